The molecule has 0 saturated heterocycles. The number of pyridine rings is 1. The number of nitrogens with zero attached hydrogens (tertiary/aromatic N) is 1. The van der Waals surface area contributed by atoms with Crippen LogP contribution in [0.4, 0.5) is 0 Å². The Labute approximate surface area is 147 Å². The molecule has 0 radical (unpaired) electrons. The average Bonchev–Trinajstić information content (AvgIpc) is 2.61. The van der Waals surface area contributed by atoms with Crippen molar-refractivity contribution in [2.75, 3.05) is 6.54 Å². The van der Waals surface area contributed by atoms with Crippen LogP contribution in [0, 0.1) is 0 Å². The zero-order chi connectivity index (χ0) is 17.4. The summed E-state index contributed by atoms with van der Waals surface area (Å²) in [7, 11) is 0. The molecule has 2 rings (SSSR count). The summed E-state index contributed by atoms with van der Waals surface area (Å²) in [6, 6.07) is 8.41. The highest BCUT2D eigenvalue weighted by atomic mass is 35.5. The van der Waals surface area contributed by atoms with E-state index in [1.165, 1.54) is 0 Å². The second kappa shape index (κ2) is 9.25. The van der Waals surface area contributed by atoms with Crippen molar-refractivity contribution in [2.24, 2.45) is 5.73 Å². The summed E-state index contributed by atoms with van der Waals surface area (Å²) in [4.78, 5) is 16.3. The molecular weight excluding hydrogens is 326 g/mol. The minimum atomic E-state index is -0.182. The maximum absolute atomic E-state index is 12.3. The number of nitrogens with two attached hydrogens (primary N) is 1. The van der Waals surface area contributed by atoms with Crippen LogP contribution in [0.15, 0.2) is 42.7 Å². The Morgan fingerprint density at radius 1 is 1.33 bits per heavy atom. The Bertz CT molecular complexity index is 665. The third kappa shape index (κ3) is 5.22. The molecule has 128 valence electrons. The van der Waals surface area contributed by atoms with Crippen molar-refractivity contribution in [3.63, 3.8) is 0 Å². The Morgan fingerprint density at radius 2 is 2.08 bits per heavy atom. The van der Waals surface area contributed by atoms with Gasteiger partial charge in [0.1, 0.15) is 11.5 Å². The van der Waals surface area contributed by atoms with E-state index >= 15 is 0 Å². The summed E-state index contributed by atoms with van der Waals surface area (Å²) in [5.41, 5.74) is 6.20. The highest BCUT2D eigenvalue weighted by Crippen LogP contribution is 2.29. The van der Waals surface area contributed by atoms with Gasteiger partial charge >= 0.3 is 0 Å². The number of aromatic nitrogens is 1. The molecule has 1 aromatic heterocycles. The lowest BCUT2D eigenvalue weighted by Crippen LogP contribution is -2.40. The zero-order valence-electron chi connectivity index (χ0n) is 13.7. The molecule has 24 heavy (non-hydrogen) atoms. The normalized spacial score (nSPS) is 11.8. The standard InChI is InChI=1S/C18H22ClN3O2/c1-2-3-4-14(12-20)22-18(23)13-5-6-17(16(19)11-13)24-15-7-9-21-10-8-15/h5-11,14H,2-4,12,20H2,1H3,(H,22,23). The van der Waals surface area contributed by atoms with Crippen molar-refractivity contribution in [1.82, 2.24) is 10.3 Å². The van der Waals surface area contributed by atoms with Crippen molar-refractivity contribution in [3.05, 3.63) is 53.3 Å². The van der Waals surface area contributed by atoms with Gasteiger partial charge in [0, 0.05) is 30.5 Å². The molecule has 0 saturated carbocycles. The number of benzene rings is 1. The lowest BCUT2D eigenvalue weighted by molar-refractivity contribution is 0.0936. The first-order valence-corrected chi connectivity index (χ1v) is 8.40. The Morgan fingerprint density at radius 3 is 2.71 bits per heavy atom. The van der Waals surface area contributed by atoms with Crippen LogP contribution >= 0.6 is 11.6 Å². The number of unbranched alkanes of at least 4 members (excludes halogenated alkanes) is 1. The molecule has 1 amide bonds. The fourth-order valence-electron chi connectivity index (χ4n) is 2.23. The van der Waals surface area contributed by atoms with E-state index in [1.807, 2.05) is 0 Å². The fourth-order valence-corrected chi connectivity index (χ4v) is 2.45. The molecule has 6 heteroatoms. The topological polar surface area (TPSA) is 77.2 Å². The summed E-state index contributed by atoms with van der Waals surface area (Å²) < 4.78 is 5.68. The van der Waals surface area contributed by atoms with Gasteiger partial charge in [-0.3, -0.25) is 9.78 Å². The first kappa shape index (κ1) is 18.2. The number of halogens is 1. The van der Waals surface area contributed by atoms with Crippen LogP contribution in [-0.2, 0) is 0 Å². The number of carbonyl (C=O) groups excluding carboxylic acids is 1. The fraction of sp³-hybridized carbons (Fsp3) is 0.333. The molecule has 0 aliphatic rings. The maximum Gasteiger partial charge on any atom is 0.251 e. The van der Waals surface area contributed by atoms with E-state index in [1.54, 1.807) is 42.7 Å². The highest BCUT2D eigenvalue weighted by Gasteiger charge is 2.14. The number of rotatable bonds is 8. The molecule has 3 N–H and O–H groups in total. The van der Waals surface area contributed by atoms with Crippen LogP contribution in [-0.4, -0.2) is 23.5 Å². The first-order valence-electron chi connectivity index (χ1n) is 8.02. The van der Waals surface area contributed by atoms with E-state index in [9.17, 15) is 4.79 Å². The number of nitrogens with one attached hydrogen (secondary N) is 1. The zero-order valence-corrected chi connectivity index (χ0v) is 14.4. The Hall–Kier alpha value is -2.11. The minimum absolute atomic E-state index is 0.0241. The predicted octanol–water partition coefficient (Wildman–Crippen LogP) is 3.77. The maximum atomic E-state index is 12.3. The summed E-state index contributed by atoms with van der Waals surface area (Å²) >= 11 is 6.23. The average molecular weight is 348 g/mol. The molecule has 0 fully saturated rings. The predicted molar refractivity (Wildman–Crippen MR) is 95.6 cm³/mol. The van der Waals surface area contributed by atoms with Gasteiger partial charge < -0.3 is 15.8 Å². The third-order valence-electron chi connectivity index (χ3n) is 3.60. The molecule has 1 atom stereocenters. The van der Waals surface area contributed by atoms with Crippen molar-refractivity contribution >= 4 is 17.5 Å². The van der Waals surface area contributed by atoms with Gasteiger partial charge in [0.15, 0.2) is 0 Å². The second-order valence-corrected chi connectivity index (χ2v) is 5.89. The third-order valence-corrected chi connectivity index (χ3v) is 3.89. The summed E-state index contributed by atoms with van der Waals surface area (Å²) in [6.45, 7) is 2.53. The largest absolute Gasteiger partial charge is 0.456 e. The van der Waals surface area contributed by atoms with Gasteiger partial charge in [-0.2, -0.15) is 0 Å². The van der Waals surface area contributed by atoms with Crippen LogP contribution in [0.5, 0.6) is 11.5 Å². The van der Waals surface area contributed by atoms with Crippen molar-refractivity contribution in [2.45, 2.75) is 32.2 Å². The molecule has 1 aromatic carbocycles. The molecule has 0 aliphatic carbocycles. The molecule has 5 nitrogen and oxygen atoms in total. The van der Waals surface area contributed by atoms with Crippen molar-refractivity contribution in [3.8, 4) is 11.5 Å². The van der Waals surface area contributed by atoms with Crippen LogP contribution < -0.4 is 15.8 Å². The van der Waals surface area contributed by atoms with Crippen LogP contribution in [0.25, 0.3) is 0 Å². The van der Waals surface area contributed by atoms with E-state index in [0.29, 0.717) is 28.6 Å². The Balaban J connectivity index is 2.04. The van der Waals surface area contributed by atoms with Crippen molar-refractivity contribution in [1.29, 1.82) is 0 Å². The number of hydrogen-bond acceptors (Lipinski definition) is 4. The van der Waals surface area contributed by atoms with Gasteiger partial charge in [0.2, 0.25) is 0 Å². The smallest absolute Gasteiger partial charge is 0.251 e. The van der Waals surface area contributed by atoms with E-state index in [0.717, 1.165) is 19.3 Å². The summed E-state index contributed by atoms with van der Waals surface area (Å²) in [5.74, 6) is 0.937. The molecule has 1 heterocycles. The van der Waals surface area contributed by atoms with E-state index in [-0.39, 0.29) is 11.9 Å². The van der Waals surface area contributed by atoms with E-state index in [2.05, 4.69) is 17.2 Å². The SMILES string of the molecule is CCCCC(CN)NC(=O)c1ccc(Oc2ccncc2)c(Cl)c1. The van der Waals surface area contributed by atoms with Crippen molar-refractivity contribution < 1.29 is 9.53 Å². The Kier molecular flexibility index (Phi) is 7.03. The summed E-state index contributed by atoms with van der Waals surface area (Å²) in [6.07, 6.45) is 6.24. The molecule has 2 aromatic rings. The summed E-state index contributed by atoms with van der Waals surface area (Å²) in [5, 5.41) is 3.32. The van der Waals surface area contributed by atoms with Gasteiger partial charge in [-0.25, -0.2) is 0 Å². The van der Waals surface area contributed by atoms with E-state index in [4.69, 9.17) is 22.1 Å². The van der Waals surface area contributed by atoms with Gasteiger partial charge in [-0.1, -0.05) is 31.4 Å². The second-order valence-electron chi connectivity index (χ2n) is 5.48. The van der Waals surface area contributed by atoms with Crippen LogP contribution in [0.1, 0.15) is 36.5 Å². The molecule has 0 aliphatic heterocycles. The minimum Gasteiger partial charge on any atom is -0.456 e. The first-order chi connectivity index (χ1) is 11.6. The number of hydrogen-bond donors (Lipinski definition) is 2. The number of amides is 1. The monoisotopic (exact) mass is 347 g/mol. The quantitative estimate of drug-likeness (QED) is 0.761. The number of ether oxygens (including phenoxy) is 1. The van der Waals surface area contributed by atoms with Crippen LogP contribution in [0.2, 0.25) is 5.02 Å². The van der Waals surface area contributed by atoms with Gasteiger partial charge in [-0.05, 0) is 36.8 Å². The van der Waals surface area contributed by atoms with Gasteiger partial charge in [0.25, 0.3) is 5.91 Å². The molecular formula is C18H22ClN3O2. The molecule has 0 bridgehead atoms. The number of carbonyl (C=O) groups is 1. The highest BCUT2D eigenvalue weighted by molar-refractivity contribution is 6.32. The van der Waals surface area contributed by atoms with Gasteiger partial charge in [-0.15, -0.1) is 0 Å². The van der Waals surface area contributed by atoms with E-state index < -0.39 is 0 Å². The molecule has 0 spiro atoms. The lowest BCUT2D eigenvalue weighted by Gasteiger charge is -2.17. The van der Waals surface area contributed by atoms with Crippen LogP contribution in [0.3, 0.4) is 0 Å². The van der Waals surface area contributed by atoms with Gasteiger partial charge in [0.05, 0.1) is 5.02 Å². The lowest BCUT2D eigenvalue weighted by atomic mass is 10.1. The molecule has 1 unspecified atom stereocenters.